The third-order valence-electron chi connectivity index (χ3n) is 5.42. The summed E-state index contributed by atoms with van der Waals surface area (Å²) in [6.45, 7) is 3.81. The lowest BCUT2D eigenvalue weighted by Gasteiger charge is -2.39. The van der Waals surface area contributed by atoms with E-state index in [1.54, 1.807) is 31.4 Å². The van der Waals surface area contributed by atoms with E-state index in [1.165, 1.54) is 4.31 Å². The number of carbonyl (C=O) groups excluding carboxylic acids is 1. The maximum absolute atomic E-state index is 13.2. The number of ether oxygens (including phenoxy) is 3. The molecule has 31 heavy (non-hydrogen) atoms. The summed E-state index contributed by atoms with van der Waals surface area (Å²) >= 11 is 0. The second-order valence-corrected chi connectivity index (χ2v) is 10.3. The molecule has 0 saturated heterocycles. The fourth-order valence-electron chi connectivity index (χ4n) is 4.01. The minimum absolute atomic E-state index is 0.0980. The van der Waals surface area contributed by atoms with Crippen molar-refractivity contribution in [1.29, 1.82) is 0 Å². The van der Waals surface area contributed by atoms with Crippen LogP contribution in [0, 0.1) is 0 Å². The van der Waals surface area contributed by atoms with E-state index in [0.717, 1.165) is 11.8 Å². The van der Waals surface area contributed by atoms with Crippen LogP contribution >= 0.6 is 0 Å². The van der Waals surface area contributed by atoms with Crippen molar-refractivity contribution in [1.82, 2.24) is 5.32 Å². The number of benzene rings is 2. The lowest BCUT2D eigenvalue weighted by molar-refractivity contribution is -0.129. The molecule has 1 N–H and O–H groups in total. The topological polar surface area (TPSA) is 94.2 Å². The molecule has 0 spiro atoms. The van der Waals surface area contributed by atoms with Crippen molar-refractivity contribution >= 4 is 21.6 Å². The number of fused-ring (bicyclic) bond motifs is 2. The third kappa shape index (κ3) is 4.27. The van der Waals surface area contributed by atoms with Gasteiger partial charge in [-0.25, -0.2) is 8.42 Å². The Bertz CT molecular complexity index is 1110. The summed E-state index contributed by atoms with van der Waals surface area (Å²) in [5, 5.41) is 3.03. The molecule has 0 bridgehead atoms. The summed E-state index contributed by atoms with van der Waals surface area (Å²) in [6.07, 6.45) is 0.677. The number of sulfonamides is 1. The molecule has 2 heterocycles. The summed E-state index contributed by atoms with van der Waals surface area (Å²) in [5.41, 5.74) is 0.748. The Hall–Kier alpha value is -2.94. The van der Waals surface area contributed by atoms with Crippen molar-refractivity contribution in [3.05, 3.63) is 48.0 Å². The molecule has 2 aliphatic rings. The van der Waals surface area contributed by atoms with Crippen molar-refractivity contribution in [3.8, 4) is 17.2 Å². The first kappa shape index (κ1) is 21.3. The highest BCUT2D eigenvalue weighted by Gasteiger charge is 2.39. The Balaban J connectivity index is 1.61. The van der Waals surface area contributed by atoms with Crippen molar-refractivity contribution in [2.24, 2.45) is 0 Å². The van der Waals surface area contributed by atoms with Gasteiger partial charge in [0.05, 0.1) is 31.6 Å². The summed E-state index contributed by atoms with van der Waals surface area (Å²) in [7, 11) is -2.00. The molecule has 0 fully saturated rings. The quantitative estimate of drug-likeness (QED) is 0.776. The summed E-state index contributed by atoms with van der Waals surface area (Å²) < 4.78 is 43.1. The van der Waals surface area contributed by atoms with Gasteiger partial charge in [-0.05, 0) is 44.2 Å². The average Bonchev–Trinajstić information content (AvgIpc) is 2.71. The van der Waals surface area contributed by atoms with Gasteiger partial charge in [0.25, 0.3) is 5.91 Å². The van der Waals surface area contributed by atoms with Gasteiger partial charge in [-0.3, -0.25) is 9.10 Å². The van der Waals surface area contributed by atoms with E-state index in [4.69, 9.17) is 14.2 Å². The highest BCUT2D eigenvalue weighted by Crippen LogP contribution is 2.41. The molecule has 0 radical (unpaired) electrons. The molecule has 2 atom stereocenters. The summed E-state index contributed by atoms with van der Waals surface area (Å²) in [6, 6.07) is 11.9. The number of nitrogens with one attached hydrogen (secondary N) is 1. The van der Waals surface area contributed by atoms with Crippen molar-refractivity contribution in [2.45, 2.75) is 38.0 Å². The number of hydrogen-bond donors (Lipinski definition) is 1. The van der Waals surface area contributed by atoms with E-state index >= 15 is 0 Å². The van der Waals surface area contributed by atoms with E-state index in [-0.39, 0.29) is 18.5 Å². The van der Waals surface area contributed by atoms with Gasteiger partial charge in [-0.15, -0.1) is 0 Å². The smallest absolute Gasteiger partial charge is 0.263 e. The molecular formula is C22H26N2O6S. The van der Waals surface area contributed by atoms with Gasteiger partial charge >= 0.3 is 0 Å². The van der Waals surface area contributed by atoms with Crippen molar-refractivity contribution in [2.75, 3.05) is 24.2 Å². The Labute approximate surface area is 182 Å². The molecule has 0 aromatic heterocycles. The first-order valence-electron chi connectivity index (χ1n) is 9.98. The molecule has 9 heteroatoms. The molecule has 0 saturated carbocycles. The Morgan fingerprint density at radius 1 is 1.19 bits per heavy atom. The van der Waals surface area contributed by atoms with E-state index in [2.05, 4.69) is 5.32 Å². The fraction of sp³-hybridized carbons (Fsp3) is 0.409. The maximum Gasteiger partial charge on any atom is 0.263 e. The molecule has 4 rings (SSSR count). The van der Waals surface area contributed by atoms with Crippen LogP contribution in [0.3, 0.4) is 0 Å². The fourth-order valence-corrected chi connectivity index (χ4v) is 4.92. The zero-order valence-electron chi connectivity index (χ0n) is 17.9. The van der Waals surface area contributed by atoms with Crippen LogP contribution in [0.1, 0.15) is 31.9 Å². The minimum atomic E-state index is -3.58. The number of anilines is 1. The van der Waals surface area contributed by atoms with Gasteiger partial charge < -0.3 is 19.5 Å². The number of nitrogens with zero attached hydrogens (tertiary/aromatic N) is 1. The van der Waals surface area contributed by atoms with Crippen LogP contribution in [-0.4, -0.2) is 45.9 Å². The highest BCUT2D eigenvalue weighted by molar-refractivity contribution is 7.92. The molecule has 8 nitrogen and oxygen atoms in total. The number of carbonyl (C=O) groups is 1. The number of para-hydroxylation sites is 2. The first-order valence-corrected chi connectivity index (χ1v) is 11.8. The second-order valence-electron chi connectivity index (χ2n) is 8.40. The number of methoxy groups -OCH3 is 1. The van der Waals surface area contributed by atoms with Crippen LogP contribution in [0.5, 0.6) is 17.2 Å². The number of amides is 1. The zero-order chi connectivity index (χ0) is 22.4. The highest BCUT2D eigenvalue weighted by atomic mass is 32.2. The molecule has 0 unspecified atom stereocenters. The predicted octanol–water partition coefficient (Wildman–Crippen LogP) is 2.64. The van der Waals surface area contributed by atoms with E-state index in [0.29, 0.717) is 29.4 Å². The van der Waals surface area contributed by atoms with Crippen LogP contribution in [0.15, 0.2) is 42.5 Å². The summed E-state index contributed by atoms with van der Waals surface area (Å²) in [4.78, 5) is 13.2. The first-order chi connectivity index (χ1) is 14.6. The minimum Gasteiger partial charge on any atom is -0.497 e. The predicted molar refractivity (Wildman–Crippen MR) is 116 cm³/mol. The van der Waals surface area contributed by atoms with E-state index in [1.807, 2.05) is 32.0 Å². The Morgan fingerprint density at radius 3 is 2.65 bits per heavy atom. The van der Waals surface area contributed by atoms with Crippen LogP contribution < -0.4 is 23.8 Å². The van der Waals surface area contributed by atoms with Gasteiger partial charge in [0, 0.05) is 12.0 Å². The van der Waals surface area contributed by atoms with Crippen LogP contribution in [0.2, 0.25) is 0 Å². The maximum atomic E-state index is 13.2. The van der Waals surface area contributed by atoms with Gasteiger partial charge in [-0.2, -0.15) is 0 Å². The standard InChI is InChI=1S/C22H26N2O6S/c1-22(2)12-16(15-11-14(28-3)9-10-18(15)30-22)23-21(25)20-13-24(31(4,26)27)17-7-5-6-8-19(17)29-20/h5-11,16,20H,12-13H2,1-4H3,(H,23,25)/t16-,20+/m0/s1. The van der Waals surface area contributed by atoms with Crippen molar-refractivity contribution < 1.29 is 27.4 Å². The largest absolute Gasteiger partial charge is 0.497 e. The summed E-state index contributed by atoms with van der Waals surface area (Å²) in [5.74, 6) is 1.30. The van der Waals surface area contributed by atoms with Crippen LogP contribution in [-0.2, 0) is 14.8 Å². The monoisotopic (exact) mass is 446 g/mol. The van der Waals surface area contributed by atoms with Gasteiger partial charge in [0.1, 0.15) is 22.8 Å². The van der Waals surface area contributed by atoms with Crippen LogP contribution in [0.25, 0.3) is 0 Å². The Kier molecular flexibility index (Phi) is 5.25. The molecule has 2 aromatic rings. The lowest BCUT2D eigenvalue weighted by atomic mass is 9.89. The molecular weight excluding hydrogens is 420 g/mol. The molecule has 1 amide bonds. The van der Waals surface area contributed by atoms with Crippen molar-refractivity contribution in [3.63, 3.8) is 0 Å². The normalized spacial score (nSPS) is 21.7. The van der Waals surface area contributed by atoms with Crippen LogP contribution in [0.4, 0.5) is 5.69 Å². The second kappa shape index (κ2) is 7.64. The molecule has 0 aliphatic carbocycles. The SMILES string of the molecule is COc1ccc2c(c1)[C@@H](NC(=O)[C@H]1CN(S(C)(=O)=O)c3ccccc3O1)CC(C)(C)O2. The van der Waals surface area contributed by atoms with E-state index in [9.17, 15) is 13.2 Å². The Morgan fingerprint density at radius 2 is 1.94 bits per heavy atom. The molecule has 2 aromatic carbocycles. The molecule has 166 valence electrons. The molecule has 2 aliphatic heterocycles. The van der Waals surface area contributed by atoms with Gasteiger partial charge in [0.15, 0.2) is 6.10 Å². The third-order valence-corrected chi connectivity index (χ3v) is 6.56. The zero-order valence-corrected chi connectivity index (χ0v) is 18.7. The van der Waals surface area contributed by atoms with Gasteiger partial charge in [-0.1, -0.05) is 12.1 Å². The van der Waals surface area contributed by atoms with Gasteiger partial charge in [0.2, 0.25) is 10.0 Å². The lowest BCUT2D eigenvalue weighted by Crippen LogP contribution is -2.52. The number of rotatable bonds is 4. The van der Waals surface area contributed by atoms with E-state index < -0.39 is 21.7 Å². The number of hydrogen-bond acceptors (Lipinski definition) is 6. The average molecular weight is 447 g/mol.